The van der Waals surface area contributed by atoms with Crippen LogP contribution < -0.4 is 0 Å². The normalized spacial score (nSPS) is 24.2. The van der Waals surface area contributed by atoms with Crippen molar-refractivity contribution in [3.63, 3.8) is 0 Å². The first-order valence-electron chi connectivity index (χ1n) is 9.10. The number of amides is 1. The summed E-state index contributed by atoms with van der Waals surface area (Å²) in [4.78, 5) is 21.9. The highest BCUT2D eigenvalue weighted by Crippen LogP contribution is 2.31. The van der Waals surface area contributed by atoms with Gasteiger partial charge in [-0.15, -0.1) is 0 Å². The van der Waals surface area contributed by atoms with E-state index in [1.807, 2.05) is 25.4 Å². The van der Waals surface area contributed by atoms with Gasteiger partial charge in [0.25, 0.3) is 5.91 Å². The Bertz CT molecular complexity index is 756. The molecular formula is C19H25N5O. The number of carbonyl (C=O) groups excluding carboxylic acids is 1. The molecule has 2 saturated heterocycles. The highest BCUT2D eigenvalue weighted by atomic mass is 16.2. The highest BCUT2D eigenvalue weighted by molar-refractivity contribution is 6.00. The Morgan fingerprint density at radius 3 is 2.52 bits per heavy atom. The number of carbonyl (C=O) groups is 1. The molecule has 0 spiro atoms. The van der Waals surface area contributed by atoms with E-state index in [0.29, 0.717) is 17.6 Å². The van der Waals surface area contributed by atoms with E-state index in [4.69, 9.17) is 0 Å². The summed E-state index contributed by atoms with van der Waals surface area (Å²) in [7, 11) is 4.05. The quantitative estimate of drug-likeness (QED) is 0.860. The summed E-state index contributed by atoms with van der Waals surface area (Å²) in [5.74, 6) is 0.114. The first kappa shape index (κ1) is 16.3. The summed E-state index contributed by atoms with van der Waals surface area (Å²) in [6, 6.07) is 4.63. The molecule has 4 heterocycles. The average molecular weight is 339 g/mol. The van der Waals surface area contributed by atoms with Crippen LogP contribution in [0.2, 0.25) is 0 Å². The van der Waals surface area contributed by atoms with E-state index in [0.717, 1.165) is 37.2 Å². The van der Waals surface area contributed by atoms with Gasteiger partial charge in [0.05, 0.1) is 5.56 Å². The van der Waals surface area contributed by atoms with Gasteiger partial charge < -0.3 is 9.80 Å². The molecule has 0 saturated carbocycles. The summed E-state index contributed by atoms with van der Waals surface area (Å²) in [5, 5.41) is 4.54. The molecule has 2 aliphatic rings. The van der Waals surface area contributed by atoms with E-state index in [-0.39, 0.29) is 5.91 Å². The number of rotatable bonds is 3. The molecule has 2 atom stereocenters. The molecule has 0 radical (unpaired) electrons. The van der Waals surface area contributed by atoms with Crippen LogP contribution in [0.4, 0.5) is 0 Å². The molecule has 4 rings (SSSR count). The SMILES string of the molecule is CN1CCC[C@@H]1[C@H]1CCCN1C(=O)c1cn(C)nc1-c1ccncc1. The summed E-state index contributed by atoms with van der Waals surface area (Å²) in [6.45, 7) is 1.98. The Labute approximate surface area is 148 Å². The molecule has 0 aliphatic carbocycles. The van der Waals surface area contributed by atoms with Crippen LogP contribution in [0.25, 0.3) is 11.3 Å². The van der Waals surface area contributed by atoms with Gasteiger partial charge >= 0.3 is 0 Å². The van der Waals surface area contributed by atoms with Crippen LogP contribution in [-0.2, 0) is 7.05 Å². The number of pyridine rings is 1. The zero-order chi connectivity index (χ0) is 17.4. The summed E-state index contributed by atoms with van der Waals surface area (Å²) < 4.78 is 1.73. The zero-order valence-electron chi connectivity index (χ0n) is 14.9. The van der Waals surface area contributed by atoms with Crippen molar-refractivity contribution in [2.45, 2.75) is 37.8 Å². The minimum atomic E-state index is 0.114. The Balaban J connectivity index is 1.65. The monoisotopic (exact) mass is 339 g/mol. The fraction of sp³-hybridized carbons (Fsp3) is 0.526. The lowest BCUT2D eigenvalue weighted by atomic mass is 10.0. The predicted molar refractivity (Wildman–Crippen MR) is 96.1 cm³/mol. The summed E-state index contributed by atoms with van der Waals surface area (Å²) in [5.41, 5.74) is 2.38. The lowest BCUT2D eigenvalue weighted by Crippen LogP contribution is -2.47. The van der Waals surface area contributed by atoms with E-state index in [1.54, 1.807) is 17.1 Å². The molecule has 2 aliphatic heterocycles. The first-order chi connectivity index (χ1) is 12.1. The molecule has 0 N–H and O–H groups in total. The number of likely N-dealkylation sites (tertiary alicyclic amines) is 2. The minimum Gasteiger partial charge on any atom is -0.334 e. The number of nitrogens with zero attached hydrogens (tertiary/aromatic N) is 5. The van der Waals surface area contributed by atoms with Crippen molar-refractivity contribution in [2.24, 2.45) is 7.05 Å². The maximum absolute atomic E-state index is 13.4. The summed E-state index contributed by atoms with van der Waals surface area (Å²) in [6.07, 6.45) is 9.95. The maximum Gasteiger partial charge on any atom is 0.258 e. The number of aromatic nitrogens is 3. The fourth-order valence-corrected chi connectivity index (χ4v) is 4.39. The van der Waals surface area contributed by atoms with Crippen LogP contribution in [0.1, 0.15) is 36.0 Å². The third kappa shape index (κ3) is 2.95. The maximum atomic E-state index is 13.4. The number of hydrogen-bond acceptors (Lipinski definition) is 4. The lowest BCUT2D eigenvalue weighted by molar-refractivity contribution is 0.0665. The van der Waals surface area contributed by atoms with Crippen molar-refractivity contribution < 1.29 is 4.79 Å². The van der Waals surface area contributed by atoms with E-state index in [1.165, 1.54) is 12.8 Å². The van der Waals surface area contributed by atoms with Crippen molar-refractivity contribution in [3.8, 4) is 11.3 Å². The van der Waals surface area contributed by atoms with E-state index in [9.17, 15) is 4.79 Å². The smallest absolute Gasteiger partial charge is 0.258 e. The summed E-state index contributed by atoms with van der Waals surface area (Å²) >= 11 is 0. The largest absolute Gasteiger partial charge is 0.334 e. The van der Waals surface area contributed by atoms with Gasteiger partial charge in [0.2, 0.25) is 0 Å². The molecule has 0 bridgehead atoms. The topological polar surface area (TPSA) is 54.3 Å². The second-order valence-electron chi connectivity index (χ2n) is 7.20. The fourth-order valence-electron chi connectivity index (χ4n) is 4.39. The van der Waals surface area contributed by atoms with Gasteiger partial charge in [-0.3, -0.25) is 14.5 Å². The highest BCUT2D eigenvalue weighted by Gasteiger charge is 2.39. The second kappa shape index (κ2) is 6.59. The Morgan fingerprint density at radius 2 is 1.80 bits per heavy atom. The van der Waals surface area contributed by atoms with Crippen molar-refractivity contribution >= 4 is 5.91 Å². The van der Waals surface area contributed by atoms with Gasteiger partial charge in [0.1, 0.15) is 5.69 Å². The molecule has 0 unspecified atom stereocenters. The van der Waals surface area contributed by atoms with Crippen molar-refractivity contribution in [2.75, 3.05) is 20.1 Å². The molecule has 25 heavy (non-hydrogen) atoms. The zero-order valence-corrected chi connectivity index (χ0v) is 14.9. The Kier molecular flexibility index (Phi) is 4.29. The van der Waals surface area contributed by atoms with Gasteiger partial charge in [0.15, 0.2) is 0 Å². The van der Waals surface area contributed by atoms with E-state index in [2.05, 4.69) is 26.9 Å². The molecule has 6 nitrogen and oxygen atoms in total. The van der Waals surface area contributed by atoms with Gasteiger partial charge in [-0.25, -0.2) is 0 Å². The average Bonchev–Trinajstić information content (AvgIpc) is 3.34. The number of aryl methyl sites for hydroxylation is 1. The second-order valence-corrected chi connectivity index (χ2v) is 7.20. The van der Waals surface area contributed by atoms with Crippen LogP contribution in [0.15, 0.2) is 30.7 Å². The first-order valence-corrected chi connectivity index (χ1v) is 9.10. The predicted octanol–water partition coefficient (Wildman–Crippen LogP) is 2.18. The van der Waals surface area contributed by atoms with Crippen LogP contribution >= 0.6 is 0 Å². The lowest BCUT2D eigenvalue weighted by Gasteiger charge is -2.33. The van der Waals surface area contributed by atoms with Crippen LogP contribution in [0.5, 0.6) is 0 Å². The van der Waals surface area contributed by atoms with Gasteiger partial charge in [-0.05, 0) is 51.4 Å². The van der Waals surface area contributed by atoms with E-state index >= 15 is 0 Å². The molecule has 2 fully saturated rings. The van der Waals surface area contributed by atoms with E-state index < -0.39 is 0 Å². The molecule has 0 aromatic carbocycles. The van der Waals surface area contributed by atoms with Crippen molar-refractivity contribution in [1.82, 2.24) is 24.6 Å². The third-order valence-electron chi connectivity index (χ3n) is 5.59. The van der Waals surface area contributed by atoms with Crippen LogP contribution in [0.3, 0.4) is 0 Å². The van der Waals surface area contributed by atoms with Gasteiger partial charge in [0, 0.05) is 49.8 Å². The van der Waals surface area contributed by atoms with Gasteiger partial charge in [-0.2, -0.15) is 5.10 Å². The molecule has 2 aromatic rings. The van der Waals surface area contributed by atoms with Gasteiger partial charge in [-0.1, -0.05) is 0 Å². The van der Waals surface area contributed by atoms with Crippen LogP contribution in [-0.4, -0.2) is 62.7 Å². The molecule has 1 amide bonds. The van der Waals surface area contributed by atoms with Crippen molar-refractivity contribution in [1.29, 1.82) is 0 Å². The standard InChI is InChI=1S/C19H25N5O/c1-22-11-3-5-16(22)17-6-4-12-24(17)19(25)15-13-23(2)21-18(15)14-7-9-20-10-8-14/h7-10,13,16-17H,3-6,11-12H2,1-2H3/t16-,17-/m1/s1. The molecular weight excluding hydrogens is 314 g/mol. The Hall–Kier alpha value is -2.21. The number of likely N-dealkylation sites (N-methyl/N-ethyl adjacent to an activating group) is 1. The number of hydrogen-bond donors (Lipinski definition) is 0. The van der Waals surface area contributed by atoms with Crippen LogP contribution in [0, 0.1) is 0 Å². The molecule has 132 valence electrons. The Morgan fingerprint density at radius 1 is 1.08 bits per heavy atom. The molecule has 6 heteroatoms. The molecule has 2 aromatic heterocycles. The van der Waals surface area contributed by atoms with Crippen molar-refractivity contribution in [3.05, 3.63) is 36.3 Å². The minimum absolute atomic E-state index is 0.114. The third-order valence-corrected chi connectivity index (χ3v) is 5.59.